The molecule has 0 aliphatic carbocycles. The molecule has 8 nitrogen and oxygen atoms in total. The molecule has 1 rings (SSSR count). The van der Waals surface area contributed by atoms with Gasteiger partial charge in [-0.25, -0.2) is 0 Å². The summed E-state index contributed by atoms with van der Waals surface area (Å²) in [5, 5.41) is 31.2. The SMILES string of the molecule is CCC(C)C(O)C(=O)c1cc([N+](=O)[O-])cc([N+](=O)[O-])c1. The highest BCUT2D eigenvalue weighted by Gasteiger charge is 2.26. The number of hydrogen-bond donors (Lipinski definition) is 1. The Morgan fingerprint density at radius 1 is 1.20 bits per heavy atom. The summed E-state index contributed by atoms with van der Waals surface area (Å²) in [6, 6.07) is 2.63. The molecule has 0 radical (unpaired) electrons. The van der Waals surface area contributed by atoms with Crippen LogP contribution in [0.15, 0.2) is 18.2 Å². The predicted molar refractivity (Wildman–Crippen MR) is 69.5 cm³/mol. The summed E-state index contributed by atoms with van der Waals surface area (Å²) in [5.74, 6) is -1.10. The molecule has 1 aromatic rings. The quantitative estimate of drug-likeness (QED) is 0.484. The number of benzene rings is 1. The number of rotatable bonds is 6. The third kappa shape index (κ3) is 3.35. The molecule has 8 heteroatoms. The van der Waals surface area contributed by atoms with Gasteiger partial charge in [0.05, 0.1) is 15.9 Å². The number of hydrogen-bond acceptors (Lipinski definition) is 6. The Kier molecular flexibility index (Phi) is 4.87. The minimum atomic E-state index is -1.35. The molecule has 0 bridgehead atoms. The number of nitro benzene ring substituents is 2. The number of non-ortho nitro benzene ring substituents is 2. The molecule has 2 unspecified atom stereocenters. The van der Waals surface area contributed by atoms with Gasteiger partial charge in [-0.05, 0) is 5.92 Å². The maximum atomic E-state index is 12.0. The molecule has 0 aliphatic heterocycles. The second-order valence-electron chi connectivity index (χ2n) is 4.45. The third-order valence-corrected chi connectivity index (χ3v) is 3.06. The van der Waals surface area contributed by atoms with E-state index in [0.717, 1.165) is 18.2 Å². The normalized spacial score (nSPS) is 13.6. The van der Waals surface area contributed by atoms with Crippen LogP contribution in [0.25, 0.3) is 0 Å². The monoisotopic (exact) mass is 282 g/mol. The van der Waals surface area contributed by atoms with Gasteiger partial charge < -0.3 is 5.11 Å². The van der Waals surface area contributed by atoms with Gasteiger partial charge in [0.1, 0.15) is 6.10 Å². The topological polar surface area (TPSA) is 124 Å². The van der Waals surface area contributed by atoms with Gasteiger partial charge in [-0.15, -0.1) is 0 Å². The average Bonchev–Trinajstić information content (AvgIpc) is 2.44. The number of nitrogens with zero attached hydrogens (tertiary/aromatic N) is 2. The molecule has 0 aliphatic rings. The Labute approximate surface area is 114 Å². The molecule has 20 heavy (non-hydrogen) atoms. The largest absolute Gasteiger partial charge is 0.385 e. The van der Waals surface area contributed by atoms with E-state index in [1.54, 1.807) is 13.8 Å². The summed E-state index contributed by atoms with van der Waals surface area (Å²) in [6.07, 6.45) is -0.814. The summed E-state index contributed by atoms with van der Waals surface area (Å²) >= 11 is 0. The lowest BCUT2D eigenvalue weighted by molar-refractivity contribution is -0.394. The maximum Gasteiger partial charge on any atom is 0.277 e. The van der Waals surface area contributed by atoms with Crippen molar-refractivity contribution in [1.29, 1.82) is 0 Å². The van der Waals surface area contributed by atoms with E-state index in [1.807, 2.05) is 0 Å². The van der Waals surface area contributed by atoms with Gasteiger partial charge in [0, 0.05) is 17.7 Å². The van der Waals surface area contributed by atoms with Crippen molar-refractivity contribution >= 4 is 17.2 Å². The minimum Gasteiger partial charge on any atom is -0.385 e. The second kappa shape index (κ2) is 6.20. The van der Waals surface area contributed by atoms with Crippen molar-refractivity contribution in [1.82, 2.24) is 0 Å². The standard InChI is InChI=1S/C12H14N2O6/c1-3-7(2)11(15)12(16)8-4-9(13(17)18)6-10(5-8)14(19)20/h4-7,11,15H,3H2,1-2H3. The van der Waals surface area contributed by atoms with Crippen molar-refractivity contribution in [3.05, 3.63) is 44.0 Å². The summed E-state index contributed by atoms with van der Waals surface area (Å²) < 4.78 is 0. The molecular formula is C12H14N2O6. The van der Waals surface area contributed by atoms with Crippen LogP contribution in [0.2, 0.25) is 0 Å². The number of carbonyl (C=O) groups excluding carboxylic acids is 1. The number of ketones is 1. The van der Waals surface area contributed by atoms with Crippen LogP contribution in [0.4, 0.5) is 11.4 Å². The van der Waals surface area contributed by atoms with E-state index in [2.05, 4.69) is 0 Å². The molecule has 0 fully saturated rings. The van der Waals surface area contributed by atoms with E-state index in [-0.39, 0.29) is 11.5 Å². The van der Waals surface area contributed by atoms with E-state index in [4.69, 9.17) is 0 Å². The maximum absolute atomic E-state index is 12.0. The highest BCUT2D eigenvalue weighted by molar-refractivity contribution is 6.00. The summed E-state index contributed by atoms with van der Waals surface area (Å²) in [6.45, 7) is 3.42. The van der Waals surface area contributed by atoms with Gasteiger partial charge in [-0.1, -0.05) is 20.3 Å². The minimum absolute atomic E-state index is 0.237. The van der Waals surface area contributed by atoms with Crippen molar-refractivity contribution in [2.45, 2.75) is 26.4 Å². The zero-order chi connectivity index (χ0) is 15.4. The van der Waals surface area contributed by atoms with Gasteiger partial charge in [-0.3, -0.25) is 25.0 Å². The van der Waals surface area contributed by atoms with Crippen LogP contribution in [0.3, 0.4) is 0 Å². The first-order valence-corrected chi connectivity index (χ1v) is 5.94. The average molecular weight is 282 g/mol. The molecule has 0 aromatic heterocycles. The number of nitro groups is 2. The van der Waals surface area contributed by atoms with E-state index in [9.17, 15) is 30.1 Å². The predicted octanol–water partition coefficient (Wildman–Crippen LogP) is 2.09. The summed E-state index contributed by atoms with van der Waals surface area (Å²) in [4.78, 5) is 31.8. The van der Waals surface area contributed by atoms with Crippen molar-refractivity contribution in [2.75, 3.05) is 0 Å². The van der Waals surface area contributed by atoms with Crippen LogP contribution in [0, 0.1) is 26.1 Å². The van der Waals surface area contributed by atoms with E-state index in [1.165, 1.54) is 0 Å². The number of aliphatic hydroxyl groups is 1. The lowest BCUT2D eigenvalue weighted by Crippen LogP contribution is -2.27. The third-order valence-electron chi connectivity index (χ3n) is 3.06. The van der Waals surface area contributed by atoms with Gasteiger partial charge in [0.25, 0.3) is 11.4 Å². The Hall–Kier alpha value is -2.35. The fourth-order valence-electron chi connectivity index (χ4n) is 1.60. The van der Waals surface area contributed by atoms with Gasteiger partial charge in [0.2, 0.25) is 0 Å². The number of aliphatic hydroxyl groups excluding tert-OH is 1. The lowest BCUT2D eigenvalue weighted by Gasteiger charge is -2.15. The first-order valence-electron chi connectivity index (χ1n) is 5.94. The van der Waals surface area contributed by atoms with Crippen LogP contribution in [0.5, 0.6) is 0 Å². The van der Waals surface area contributed by atoms with Gasteiger partial charge in [-0.2, -0.15) is 0 Å². The Morgan fingerprint density at radius 2 is 1.65 bits per heavy atom. The van der Waals surface area contributed by atoms with Crippen molar-refractivity contribution in [2.24, 2.45) is 5.92 Å². The lowest BCUT2D eigenvalue weighted by atomic mass is 9.94. The molecule has 1 N–H and O–H groups in total. The van der Waals surface area contributed by atoms with Crippen LogP contribution in [-0.4, -0.2) is 26.8 Å². The molecule has 0 saturated carbocycles. The molecule has 0 saturated heterocycles. The van der Waals surface area contributed by atoms with Crippen molar-refractivity contribution < 1.29 is 19.7 Å². The fraction of sp³-hybridized carbons (Fsp3) is 0.417. The molecule has 2 atom stereocenters. The molecular weight excluding hydrogens is 268 g/mol. The zero-order valence-electron chi connectivity index (χ0n) is 11.0. The highest BCUT2D eigenvalue weighted by atomic mass is 16.6. The molecule has 108 valence electrons. The Balaban J connectivity index is 3.26. The highest BCUT2D eigenvalue weighted by Crippen LogP contribution is 2.24. The smallest absolute Gasteiger partial charge is 0.277 e. The molecule has 0 heterocycles. The van der Waals surface area contributed by atoms with E-state index >= 15 is 0 Å². The fourth-order valence-corrected chi connectivity index (χ4v) is 1.60. The molecule has 0 spiro atoms. The zero-order valence-corrected chi connectivity index (χ0v) is 11.0. The van der Waals surface area contributed by atoms with Gasteiger partial charge >= 0.3 is 0 Å². The second-order valence-corrected chi connectivity index (χ2v) is 4.45. The van der Waals surface area contributed by atoms with E-state index in [0.29, 0.717) is 6.42 Å². The molecule has 1 aromatic carbocycles. The Morgan fingerprint density at radius 3 is 2.00 bits per heavy atom. The van der Waals surface area contributed by atoms with Crippen LogP contribution >= 0.6 is 0 Å². The van der Waals surface area contributed by atoms with Crippen LogP contribution in [-0.2, 0) is 0 Å². The van der Waals surface area contributed by atoms with Crippen LogP contribution in [0.1, 0.15) is 30.6 Å². The first-order chi connectivity index (χ1) is 9.27. The van der Waals surface area contributed by atoms with Crippen molar-refractivity contribution in [3.63, 3.8) is 0 Å². The Bertz CT molecular complexity index is 525. The summed E-state index contributed by atoms with van der Waals surface area (Å²) in [5.41, 5.74) is -1.35. The first kappa shape index (κ1) is 15.7. The number of carbonyl (C=O) groups is 1. The summed E-state index contributed by atoms with van der Waals surface area (Å²) in [7, 11) is 0. The number of Topliss-reactive ketones (excluding diaryl/α,β-unsaturated/α-hetero) is 1. The van der Waals surface area contributed by atoms with Crippen LogP contribution < -0.4 is 0 Å². The molecule has 0 amide bonds. The van der Waals surface area contributed by atoms with E-state index < -0.39 is 33.1 Å². The van der Waals surface area contributed by atoms with Crippen molar-refractivity contribution in [3.8, 4) is 0 Å². The van der Waals surface area contributed by atoms with Gasteiger partial charge in [0.15, 0.2) is 5.78 Å².